The molecule has 0 saturated carbocycles. The highest BCUT2D eigenvalue weighted by Gasteiger charge is 2.25. The van der Waals surface area contributed by atoms with Gasteiger partial charge in [-0.15, -0.1) is 0 Å². The Hall–Kier alpha value is -2.08. The second-order valence-electron chi connectivity index (χ2n) is 5.67. The van der Waals surface area contributed by atoms with E-state index in [1.165, 1.54) is 12.5 Å². The van der Waals surface area contributed by atoms with Gasteiger partial charge in [-0.05, 0) is 38.1 Å². The summed E-state index contributed by atoms with van der Waals surface area (Å²) in [7, 11) is 0. The van der Waals surface area contributed by atoms with Crippen LogP contribution >= 0.6 is 0 Å². The number of rotatable bonds is 6. The summed E-state index contributed by atoms with van der Waals surface area (Å²) in [5.41, 5.74) is 0.301. The summed E-state index contributed by atoms with van der Waals surface area (Å²) in [6.45, 7) is 2.18. The topological polar surface area (TPSA) is 89.9 Å². The van der Waals surface area contributed by atoms with Gasteiger partial charge in [-0.1, -0.05) is 18.6 Å². The third-order valence-corrected chi connectivity index (χ3v) is 3.89. The molecule has 120 valence electrons. The van der Waals surface area contributed by atoms with E-state index in [1.54, 1.807) is 18.2 Å². The van der Waals surface area contributed by atoms with Gasteiger partial charge in [0.2, 0.25) is 5.91 Å². The minimum atomic E-state index is -0.960. The molecular weight excluding hydrogens is 284 g/mol. The SMILES string of the molecule is O=C(C[C@@H](CN1CCCCC1)C(=O)O)Nc1ccccc1O. The van der Waals surface area contributed by atoms with Crippen LogP contribution in [0.5, 0.6) is 5.75 Å². The second-order valence-corrected chi connectivity index (χ2v) is 5.67. The van der Waals surface area contributed by atoms with Gasteiger partial charge in [0.15, 0.2) is 0 Å². The predicted molar refractivity (Wildman–Crippen MR) is 82.8 cm³/mol. The minimum Gasteiger partial charge on any atom is -0.506 e. The zero-order valence-corrected chi connectivity index (χ0v) is 12.5. The number of hydrogen-bond donors (Lipinski definition) is 3. The maximum absolute atomic E-state index is 12.0. The number of carboxylic acid groups (broad SMARTS) is 1. The van der Waals surface area contributed by atoms with Crippen LogP contribution < -0.4 is 5.32 Å². The normalized spacial score (nSPS) is 16.9. The number of carbonyl (C=O) groups excluding carboxylic acids is 1. The van der Waals surface area contributed by atoms with Crippen LogP contribution in [-0.2, 0) is 9.59 Å². The molecule has 6 nitrogen and oxygen atoms in total. The van der Waals surface area contributed by atoms with Gasteiger partial charge in [0.25, 0.3) is 0 Å². The van der Waals surface area contributed by atoms with Crippen LogP contribution in [0.4, 0.5) is 5.69 Å². The van der Waals surface area contributed by atoms with Crippen LogP contribution in [0, 0.1) is 5.92 Å². The van der Waals surface area contributed by atoms with Crippen LogP contribution in [-0.4, -0.2) is 46.6 Å². The molecule has 1 atom stereocenters. The summed E-state index contributed by atoms with van der Waals surface area (Å²) in [5.74, 6) is -2.12. The van der Waals surface area contributed by atoms with E-state index >= 15 is 0 Å². The van der Waals surface area contributed by atoms with Crippen molar-refractivity contribution < 1.29 is 19.8 Å². The average Bonchev–Trinajstić information content (AvgIpc) is 2.50. The summed E-state index contributed by atoms with van der Waals surface area (Å²) in [6.07, 6.45) is 3.25. The van der Waals surface area contributed by atoms with E-state index < -0.39 is 17.8 Å². The monoisotopic (exact) mass is 306 g/mol. The highest BCUT2D eigenvalue weighted by molar-refractivity contribution is 5.94. The van der Waals surface area contributed by atoms with Crippen molar-refractivity contribution in [3.63, 3.8) is 0 Å². The fraction of sp³-hybridized carbons (Fsp3) is 0.500. The van der Waals surface area contributed by atoms with E-state index in [0.29, 0.717) is 12.2 Å². The van der Waals surface area contributed by atoms with Crippen LogP contribution in [0.25, 0.3) is 0 Å². The molecule has 22 heavy (non-hydrogen) atoms. The lowest BCUT2D eigenvalue weighted by Crippen LogP contribution is -2.38. The van der Waals surface area contributed by atoms with E-state index in [-0.39, 0.29) is 12.2 Å². The number of nitrogens with one attached hydrogen (secondary N) is 1. The summed E-state index contributed by atoms with van der Waals surface area (Å²) < 4.78 is 0. The molecule has 0 spiro atoms. The number of benzene rings is 1. The number of carboxylic acids is 1. The molecule has 0 bridgehead atoms. The van der Waals surface area contributed by atoms with Crippen molar-refractivity contribution >= 4 is 17.6 Å². The van der Waals surface area contributed by atoms with Crippen molar-refractivity contribution in [2.24, 2.45) is 5.92 Å². The molecule has 1 fully saturated rings. The van der Waals surface area contributed by atoms with Crippen molar-refractivity contribution in [2.75, 3.05) is 25.0 Å². The van der Waals surface area contributed by atoms with E-state index in [2.05, 4.69) is 10.2 Å². The molecule has 0 unspecified atom stereocenters. The molecule has 1 aliphatic rings. The standard InChI is InChI=1S/C16H22N2O4/c19-14-7-3-2-6-13(14)17-15(20)10-12(16(21)22)11-18-8-4-1-5-9-18/h2-3,6-7,12,19H,1,4-5,8-11H2,(H,17,20)(H,21,22)/t12-/m0/s1. The van der Waals surface area contributed by atoms with Gasteiger partial charge in [0, 0.05) is 13.0 Å². The van der Waals surface area contributed by atoms with Crippen molar-refractivity contribution in [2.45, 2.75) is 25.7 Å². The van der Waals surface area contributed by atoms with Gasteiger partial charge < -0.3 is 20.4 Å². The van der Waals surface area contributed by atoms with Crippen LogP contribution in [0.1, 0.15) is 25.7 Å². The van der Waals surface area contributed by atoms with Gasteiger partial charge in [-0.2, -0.15) is 0 Å². The minimum absolute atomic E-state index is 0.0289. The van der Waals surface area contributed by atoms with E-state index in [4.69, 9.17) is 0 Å². The van der Waals surface area contributed by atoms with Crippen molar-refractivity contribution in [1.82, 2.24) is 4.90 Å². The molecule has 1 aromatic carbocycles. The van der Waals surface area contributed by atoms with Gasteiger partial charge in [-0.25, -0.2) is 0 Å². The Kier molecular flexibility index (Phi) is 5.77. The second kappa shape index (κ2) is 7.79. The van der Waals surface area contributed by atoms with Crippen LogP contribution in [0.2, 0.25) is 0 Å². The summed E-state index contributed by atoms with van der Waals surface area (Å²) in [4.78, 5) is 25.5. The maximum Gasteiger partial charge on any atom is 0.308 e. The molecule has 2 rings (SSSR count). The molecule has 1 heterocycles. The van der Waals surface area contributed by atoms with Crippen molar-refractivity contribution in [3.05, 3.63) is 24.3 Å². The summed E-state index contributed by atoms with van der Waals surface area (Å²) in [5, 5.41) is 21.5. The molecule has 1 saturated heterocycles. The number of para-hydroxylation sites is 2. The maximum atomic E-state index is 12.0. The number of hydrogen-bond acceptors (Lipinski definition) is 4. The fourth-order valence-electron chi connectivity index (χ4n) is 2.69. The highest BCUT2D eigenvalue weighted by atomic mass is 16.4. The summed E-state index contributed by atoms with van der Waals surface area (Å²) >= 11 is 0. The first-order chi connectivity index (χ1) is 10.6. The molecule has 1 aliphatic heterocycles. The third-order valence-electron chi connectivity index (χ3n) is 3.89. The van der Waals surface area contributed by atoms with Gasteiger partial charge in [-0.3, -0.25) is 9.59 Å². The Bertz CT molecular complexity index is 527. The van der Waals surface area contributed by atoms with Gasteiger partial charge in [0.05, 0.1) is 11.6 Å². The largest absolute Gasteiger partial charge is 0.506 e. The Morgan fingerprint density at radius 1 is 1.18 bits per heavy atom. The number of carbonyl (C=O) groups is 2. The van der Waals surface area contributed by atoms with Gasteiger partial charge >= 0.3 is 5.97 Å². The molecular formula is C16H22N2O4. The van der Waals surface area contributed by atoms with E-state index in [1.807, 2.05) is 0 Å². The zero-order valence-electron chi connectivity index (χ0n) is 12.5. The molecule has 0 aromatic heterocycles. The smallest absolute Gasteiger partial charge is 0.308 e. The first-order valence-corrected chi connectivity index (χ1v) is 7.59. The molecule has 1 amide bonds. The number of anilines is 1. The first-order valence-electron chi connectivity index (χ1n) is 7.59. The van der Waals surface area contributed by atoms with E-state index in [9.17, 15) is 19.8 Å². The Balaban J connectivity index is 1.91. The van der Waals surface area contributed by atoms with Gasteiger partial charge in [0.1, 0.15) is 5.75 Å². The molecule has 0 radical (unpaired) electrons. The molecule has 3 N–H and O–H groups in total. The lowest BCUT2D eigenvalue weighted by atomic mass is 10.0. The quantitative estimate of drug-likeness (QED) is 0.699. The molecule has 6 heteroatoms. The Morgan fingerprint density at radius 3 is 2.50 bits per heavy atom. The number of aliphatic carboxylic acids is 1. The number of likely N-dealkylation sites (tertiary alicyclic amines) is 1. The lowest BCUT2D eigenvalue weighted by molar-refractivity contribution is -0.144. The average molecular weight is 306 g/mol. The first kappa shape index (κ1) is 16.3. The van der Waals surface area contributed by atoms with Crippen LogP contribution in [0.3, 0.4) is 0 Å². The van der Waals surface area contributed by atoms with Crippen LogP contribution in [0.15, 0.2) is 24.3 Å². The third kappa shape index (κ3) is 4.73. The summed E-state index contributed by atoms with van der Waals surface area (Å²) in [6, 6.07) is 6.39. The lowest BCUT2D eigenvalue weighted by Gasteiger charge is -2.28. The number of amides is 1. The number of piperidine rings is 1. The number of aromatic hydroxyl groups is 1. The van der Waals surface area contributed by atoms with Crippen molar-refractivity contribution in [1.29, 1.82) is 0 Å². The molecule has 0 aliphatic carbocycles. The number of phenolic OH excluding ortho intramolecular Hbond substituents is 1. The number of phenols is 1. The Morgan fingerprint density at radius 2 is 1.86 bits per heavy atom. The van der Waals surface area contributed by atoms with Crippen molar-refractivity contribution in [3.8, 4) is 5.75 Å². The Labute approximate surface area is 129 Å². The fourth-order valence-corrected chi connectivity index (χ4v) is 2.69. The highest BCUT2D eigenvalue weighted by Crippen LogP contribution is 2.22. The predicted octanol–water partition coefficient (Wildman–Crippen LogP) is 1.91. The number of nitrogens with zero attached hydrogens (tertiary/aromatic N) is 1. The molecule has 1 aromatic rings. The zero-order chi connectivity index (χ0) is 15.9. The van der Waals surface area contributed by atoms with E-state index in [0.717, 1.165) is 25.9 Å².